The van der Waals surface area contributed by atoms with Gasteiger partial charge in [0.2, 0.25) is 5.91 Å². The van der Waals surface area contributed by atoms with Gasteiger partial charge >= 0.3 is 0 Å². The highest BCUT2D eigenvalue weighted by Gasteiger charge is 2.31. The van der Waals surface area contributed by atoms with Crippen LogP contribution in [0.5, 0.6) is 0 Å². The van der Waals surface area contributed by atoms with Crippen LogP contribution in [0.15, 0.2) is 0 Å². The first kappa shape index (κ1) is 14.8. The number of nitrogens with one attached hydrogen (secondary N) is 1. The minimum Gasteiger partial charge on any atom is -0.352 e. The molecular formula is C15H29N3O. The van der Waals surface area contributed by atoms with Crippen molar-refractivity contribution in [2.45, 2.75) is 64.6 Å². The number of hydrogen-bond acceptors (Lipinski definition) is 3. The molecule has 2 aliphatic heterocycles. The van der Waals surface area contributed by atoms with E-state index >= 15 is 0 Å². The van der Waals surface area contributed by atoms with Crippen LogP contribution < -0.4 is 5.32 Å². The van der Waals surface area contributed by atoms with Gasteiger partial charge in [-0.2, -0.15) is 0 Å². The largest absolute Gasteiger partial charge is 0.352 e. The van der Waals surface area contributed by atoms with E-state index in [2.05, 4.69) is 29.0 Å². The third-order valence-corrected chi connectivity index (χ3v) is 4.86. The summed E-state index contributed by atoms with van der Waals surface area (Å²) in [6, 6.07) is 1.84. The number of rotatable bonds is 4. The lowest BCUT2D eigenvalue weighted by Gasteiger charge is -2.39. The van der Waals surface area contributed by atoms with Gasteiger partial charge in [0.1, 0.15) is 0 Å². The maximum Gasteiger partial charge on any atom is 0.217 e. The molecule has 2 heterocycles. The molecule has 1 amide bonds. The zero-order valence-corrected chi connectivity index (χ0v) is 12.7. The second-order valence-corrected chi connectivity index (χ2v) is 6.21. The van der Waals surface area contributed by atoms with Gasteiger partial charge < -0.3 is 10.2 Å². The number of nitrogens with zero attached hydrogens (tertiary/aromatic N) is 2. The Morgan fingerprint density at radius 1 is 1.26 bits per heavy atom. The van der Waals surface area contributed by atoms with E-state index < -0.39 is 0 Å². The van der Waals surface area contributed by atoms with Crippen LogP contribution in [0.4, 0.5) is 0 Å². The molecule has 0 aromatic heterocycles. The first-order chi connectivity index (χ1) is 9.10. The van der Waals surface area contributed by atoms with E-state index in [0.29, 0.717) is 6.04 Å². The van der Waals surface area contributed by atoms with Crippen molar-refractivity contribution in [3.63, 3.8) is 0 Å². The molecule has 1 N–H and O–H groups in total. The van der Waals surface area contributed by atoms with Crippen molar-refractivity contribution in [1.29, 1.82) is 0 Å². The van der Waals surface area contributed by atoms with Crippen LogP contribution in [0.1, 0.15) is 46.5 Å². The Labute approximate surface area is 117 Å². The summed E-state index contributed by atoms with van der Waals surface area (Å²) in [5.41, 5.74) is 0. The third-order valence-electron chi connectivity index (χ3n) is 4.86. The molecule has 4 heteroatoms. The van der Waals surface area contributed by atoms with Gasteiger partial charge in [0, 0.05) is 38.1 Å². The van der Waals surface area contributed by atoms with Crippen molar-refractivity contribution in [3.8, 4) is 0 Å². The van der Waals surface area contributed by atoms with Crippen molar-refractivity contribution < 1.29 is 4.79 Å². The van der Waals surface area contributed by atoms with Crippen LogP contribution in [0.2, 0.25) is 0 Å². The van der Waals surface area contributed by atoms with Gasteiger partial charge in [0.25, 0.3) is 0 Å². The number of carbonyl (C=O) groups excluding carboxylic acids is 1. The SMILES string of the molecule is CCC(C)N1CCC(N2CCC(NC(C)=O)C2)CC1. The summed E-state index contributed by atoms with van der Waals surface area (Å²) in [4.78, 5) is 16.3. The molecule has 0 saturated carbocycles. The van der Waals surface area contributed by atoms with Gasteiger partial charge in [0.05, 0.1) is 0 Å². The maximum absolute atomic E-state index is 11.1. The van der Waals surface area contributed by atoms with Crippen molar-refractivity contribution in [2.24, 2.45) is 0 Å². The molecule has 0 aromatic carbocycles. The van der Waals surface area contributed by atoms with Crippen LogP contribution in [0, 0.1) is 0 Å². The summed E-state index contributed by atoms with van der Waals surface area (Å²) < 4.78 is 0. The zero-order valence-electron chi connectivity index (χ0n) is 12.7. The minimum absolute atomic E-state index is 0.110. The highest BCUT2D eigenvalue weighted by molar-refractivity contribution is 5.73. The average molecular weight is 267 g/mol. The van der Waals surface area contributed by atoms with Crippen LogP contribution in [-0.2, 0) is 4.79 Å². The average Bonchev–Trinajstić information content (AvgIpc) is 2.85. The Morgan fingerprint density at radius 3 is 2.53 bits per heavy atom. The monoisotopic (exact) mass is 267 g/mol. The number of amides is 1. The lowest BCUT2D eigenvalue weighted by Crippen LogP contribution is -2.47. The molecule has 0 radical (unpaired) electrons. The fraction of sp³-hybridized carbons (Fsp3) is 0.933. The smallest absolute Gasteiger partial charge is 0.217 e. The summed E-state index contributed by atoms with van der Waals surface area (Å²) in [6.45, 7) is 10.9. The lowest BCUT2D eigenvalue weighted by atomic mass is 10.0. The Kier molecular flexibility index (Phi) is 5.22. The van der Waals surface area contributed by atoms with Gasteiger partial charge in [-0.3, -0.25) is 9.69 Å². The van der Waals surface area contributed by atoms with E-state index in [1.807, 2.05) is 0 Å². The highest BCUT2D eigenvalue weighted by atomic mass is 16.1. The van der Waals surface area contributed by atoms with Crippen molar-refractivity contribution >= 4 is 5.91 Å². The fourth-order valence-electron chi connectivity index (χ4n) is 3.47. The zero-order chi connectivity index (χ0) is 13.8. The van der Waals surface area contributed by atoms with Crippen molar-refractivity contribution in [1.82, 2.24) is 15.1 Å². The summed E-state index contributed by atoms with van der Waals surface area (Å²) in [5.74, 6) is 0.110. The Balaban J connectivity index is 1.75. The topological polar surface area (TPSA) is 35.6 Å². The third kappa shape index (κ3) is 3.93. The summed E-state index contributed by atoms with van der Waals surface area (Å²) >= 11 is 0. The van der Waals surface area contributed by atoms with Gasteiger partial charge in [-0.25, -0.2) is 0 Å². The van der Waals surface area contributed by atoms with E-state index in [1.165, 1.54) is 32.4 Å². The molecule has 0 spiro atoms. The highest BCUT2D eigenvalue weighted by Crippen LogP contribution is 2.22. The molecule has 2 aliphatic rings. The van der Waals surface area contributed by atoms with Gasteiger partial charge in [-0.15, -0.1) is 0 Å². The predicted molar refractivity (Wildman–Crippen MR) is 78.1 cm³/mol. The van der Waals surface area contributed by atoms with Crippen LogP contribution in [-0.4, -0.2) is 60.0 Å². The first-order valence-electron chi connectivity index (χ1n) is 7.85. The normalized spacial score (nSPS) is 28.5. The van der Waals surface area contributed by atoms with E-state index in [0.717, 1.165) is 31.6 Å². The van der Waals surface area contributed by atoms with Crippen LogP contribution in [0.25, 0.3) is 0 Å². The van der Waals surface area contributed by atoms with Gasteiger partial charge in [-0.1, -0.05) is 6.92 Å². The standard InChI is InChI=1S/C15H29N3O/c1-4-12(2)17-9-6-15(7-10-17)18-8-5-14(11-18)16-13(3)19/h12,14-15H,4-11H2,1-3H3,(H,16,19). The first-order valence-corrected chi connectivity index (χ1v) is 7.85. The Bertz CT molecular complexity index is 300. The Morgan fingerprint density at radius 2 is 1.95 bits per heavy atom. The summed E-state index contributed by atoms with van der Waals surface area (Å²) in [7, 11) is 0. The number of piperidine rings is 1. The molecule has 0 aliphatic carbocycles. The van der Waals surface area contributed by atoms with Crippen LogP contribution in [0.3, 0.4) is 0 Å². The molecule has 19 heavy (non-hydrogen) atoms. The second kappa shape index (κ2) is 6.71. The lowest BCUT2D eigenvalue weighted by molar-refractivity contribution is -0.119. The predicted octanol–water partition coefficient (Wildman–Crippen LogP) is 1.46. The molecule has 2 rings (SSSR count). The minimum atomic E-state index is 0.110. The molecule has 110 valence electrons. The van der Waals surface area contributed by atoms with E-state index in [1.54, 1.807) is 6.92 Å². The molecule has 2 unspecified atom stereocenters. The van der Waals surface area contributed by atoms with Gasteiger partial charge in [-0.05, 0) is 45.7 Å². The van der Waals surface area contributed by atoms with E-state index in [4.69, 9.17) is 0 Å². The maximum atomic E-state index is 11.1. The summed E-state index contributed by atoms with van der Waals surface area (Å²) in [5, 5.41) is 3.06. The molecule has 2 saturated heterocycles. The molecular weight excluding hydrogens is 238 g/mol. The van der Waals surface area contributed by atoms with Gasteiger partial charge in [0.15, 0.2) is 0 Å². The number of likely N-dealkylation sites (tertiary alicyclic amines) is 2. The number of hydrogen-bond donors (Lipinski definition) is 1. The second-order valence-electron chi connectivity index (χ2n) is 6.21. The van der Waals surface area contributed by atoms with Crippen LogP contribution >= 0.6 is 0 Å². The summed E-state index contributed by atoms with van der Waals surface area (Å²) in [6.07, 6.45) is 4.94. The van der Waals surface area contributed by atoms with E-state index in [9.17, 15) is 4.79 Å². The molecule has 0 bridgehead atoms. The molecule has 4 nitrogen and oxygen atoms in total. The quantitative estimate of drug-likeness (QED) is 0.837. The van der Waals surface area contributed by atoms with Crippen molar-refractivity contribution in [3.05, 3.63) is 0 Å². The molecule has 0 aromatic rings. The van der Waals surface area contributed by atoms with Crippen molar-refractivity contribution in [2.75, 3.05) is 26.2 Å². The molecule has 2 atom stereocenters. The Hall–Kier alpha value is -0.610. The fourth-order valence-corrected chi connectivity index (χ4v) is 3.47. The van der Waals surface area contributed by atoms with E-state index in [-0.39, 0.29) is 5.91 Å². The number of carbonyl (C=O) groups is 1. The molecule has 2 fully saturated rings.